The summed E-state index contributed by atoms with van der Waals surface area (Å²) in [5.41, 5.74) is 2.40. The Morgan fingerprint density at radius 3 is 2.52 bits per heavy atom. The molecule has 2 aliphatic heterocycles. The topological polar surface area (TPSA) is 40.4 Å². The molecule has 3 atom stereocenters. The number of anilines is 1. The van der Waals surface area contributed by atoms with Crippen LogP contribution in [0, 0.1) is 0 Å². The number of benzene rings is 1. The molecule has 2 aliphatic rings. The molecule has 27 heavy (non-hydrogen) atoms. The zero-order chi connectivity index (χ0) is 18.6. The molecule has 0 aliphatic carbocycles. The van der Waals surface area contributed by atoms with Crippen molar-refractivity contribution in [3.05, 3.63) is 54.0 Å². The van der Waals surface area contributed by atoms with E-state index in [-0.39, 0.29) is 0 Å². The van der Waals surface area contributed by atoms with Gasteiger partial charge in [0.05, 0.1) is 12.8 Å². The van der Waals surface area contributed by atoms with Crippen LogP contribution < -0.4 is 10.6 Å². The van der Waals surface area contributed by atoms with Crippen LogP contribution in [0.3, 0.4) is 0 Å². The molecule has 4 nitrogen and oxygen atoms in total. The van der Waals surface area contributed by atoms with Crippen LogP contribution in [0.4, 0.5) is 5.69 Å². The van der Waals surface area contributed by atoms with Crippen molar-refractivity contribution in [2.24, 2.45) is 0 Å². The Balaban J connectivity index is 1.33. The molecule has 144 valence electrons. The third kappa shape index (κ3) is 4.53. The predicted octanol–water partition coefficient (Wildman–Crippen LogP) is 4.71. The van der Waals surface area contributed by atoms with E-state index in [2.05, 4.69) is 52.8 Å². The largest absolute Gasteiger partial charge is 0.468 e. The highest BCUT2D eigenvalue weighted by Crippen LogP contribution is 2.35. The second kappa shape index (κ2) is 8.44. The van der Waals surface area contributed by atoms with Crippen molar-refractivity contribution in [2.75, 3.05) is 5.32 Å². The van der Waals surface area contributed by atoms with Crippen molar-refractivity contribution in [2.45, 2.75) is 70.1 Å². The van der Waals surface area contributed by atoms with Gasteiger partial charge in [0.15, 0.2) is 5.11 Å². The van der Waals surface area contributed by atoms with E-state index >= 15 is 0 Å². The Morgan fingerprint density at radius 1 is 1.15 bits per heavy atom. The van der Waals surface area contributed by atoms with Gasteiger partial charge in [-0.05, 0) is 74.2 Å². The number of nitrogens with one attached hydrogen (secondary N) is 2. The van der Waals surface area contributed by atoms with E-state index in [1.165, 1.54) is 24.8 Å². The molecule has 0 spiro atoms. The van der Waals surface area contributed by atoms with Crippen molar-refractivity contribution < 1.29 is 4.42 Å². The highest BCUT2D eigenvalue weighted by Gasteiger charge is 2.38. The first-order valence-corrected chi connectivity index (χ1v) is 10.6. The zero-order valence-corrected chi connectivity index (χ0v) is 16.8. The Labute approximate surface area is 167 Å². The molecule has 3 heterocycles. The Bertz CT molecular complexity index is 729. The Hall–Kier alpha value is -1.85. The van der Waals surface area contributed by atoms with Gasteiger partial charge in [-0.1, -0.05) is 25.5 Å². The number of fused-ring (bicyclic) bond motifs is 2. The number of rotatable bonds is 5. The highest BCUT2D eigenvalue weighted by atomic mass is 32.1. The zero-order valence-electron chi connectivity index (χ0n) is 16.0. The van der Waals surface area contributed by atoms with E-state index in [0.29, 0.717) is 18.1 Å². The SMILES string of the molecule is CCc1ccc(NC(=S)NC2C[C@H]3CCC[C@@H](C2)N3Cc2ccco2)cc1. The van der Waals surface area contributed by atoms with Gasteiger partial charge in [0, 0.05) is 23.8 Å². The van der Waals surface area contributed by atoms with E-state index in [0.717, 1.165) is 42.4 Å². The molecule has 0 saturated carbocycles. The number of furan rings is 1. The van der Waals surface area contributed by atoms with Gasteiger partial charge in [0.1, 0.15) is 5.76 Å². The lowest BCUT2D eigenvalue weighted by Gasteiger charge is -2.48. The van der Waals surface area contributed by atoms with Gasteiger partial charge >= 0.3 is 0 Å². The lowest BCUT2D eigenvalue weighted by atomic mass is 9.81. The first-order chi connectivity index (χ1) is 13.2. The molecule has 1 aromatic carbocycles. The highest BCUT2D eigenvalue weighted by molar-refractivity contribution is 7.80. The summed E-state index contributed by atoms with van der Waals surface area (Å²) in [6.07, 6.45) is 9.01. The smallest absolute Gasteiger partial charge is 0.170 e. The fourth-order valence-corrected chi connectivity index (χ4v) is 4.90. The van der Waals surface area contributed by atoms with E-state index < -0.39 is 0 Å². The standard InChI is InChI=1S/C22H29N3OS/c1-2-16-8-10-17(11-9-16)23-22(27)24-18-13-19-5-3-6-20(14-18)25(19)15-21-7-4-12-26-21/h4,7-12,18-20H,2-3,5-6,13-15H2,1H3,(H2,23,24,27)/t18?,19-,20+. The fraction of sp³-hybridized carbons (Fsp3) is 0.500. The van der Waals surface area contributed by atoms with Crippen molar-refractivity contribution in [3.63, 3.8) is 0 Å². The number of piperidine rings is 2. The van der Waals surface area contributed by atoms with Gasteiger partial charge in [0.2, 0.25) is 0 Å². The third-order valence-electron chi connectivity index (χ3n) is 6.00. The van der Waals surface area contributed by atoms with Gasteiger partial charge in [-0.15, -0.1) is 0 Å². The van der Waals surface area contributed by atoms with Crippen LogP contribution in [0.25, 0.3) is 0 Å². The summed E-state index contributed by atoms with van der Waals surface area (Å²) in [5.74, 6) is 1.08. The maximum atomic E-state index is 5.59. The fourth-order valence-electron chi connectivity index (χ4n) is 4.61. The van der Waals surface area contributed by atoms with Crippen LogP contribution in [0.2, 0.25) is 0 Å². The van der Waals surface area contributed by atoms with Gasteiger partial charge in [-0.2, -0.15) is 0 Å². The molecular formula is C22H29N3OS. The first-order valence-electron chi connectivity index (χ1n) is 10.2. The number of thiocarbonyl (C=S) groups is 1. The van der Waals surface area contributed by atoms with Gasteiger partial charge in [-0.3, -0.25) is 4.90 Å². The van der Waals surface area contributed by atoms with Crippen LogP contribution >= 0.6 is 12.2 Å². The molecule has 2 fully saturated rings. The van der Waals surface area contributed by atoms with Crippen LogP contribution in [0.5, 0.6) is 0 Å². The monoisotopic (exact) mass is 383 g/mol. The molecule has 5 heteroatoms. The minimum absolute atomic E-state index is 0.447. The van der Waals surface area contributed by atoms with Gasteiger partial charge < -0.3 is 15.1 Å². The van der Waals surface area contributed by atoms with Crippen molar-refractivity contribution >= 4 is 23.0 Å². The lowest BCUT2D eigenvalue weighted by Crippen LogP contribution is -2.56. The summed E-state index contributed by atoms with van der Waals surface area (Å²) in [6, 6.07) is 14.3. The van der Waals surface area contributed by atoms with Crippen molar-refractivity contribution in [3.8, 4) is 0 Å². The summed E-state index contributed by atoms with van der Waals surface area (Å²) in [7, 11) is 0. The summed E-state index contributed by atoms with van der Waals surface area (Å²) in [4.78, 5) is 2.65. The molecule has 2 saturated heterocycles. The molecule has 1 unspecified atom stereocenters. The first kappa shape index (κ1) is 18.5. The Morgan fingerprint density at radius 2 is 1.89 bits per heavy atom. The average molecular weight is 384 g/mol. The summed E-state index contributed by atoms with van der Waals surface area (Å²) in [5, 5.41) is 7.66. The van der Waals surface area contributed by atoms with Crippen LogP contribution in [0.15, 0.2) is 47.1 Å². The normalized spacial score (nSPS) is 25.1. The molecule has 4 rings (SSSR count). The van der Waals surface area contributed by atoms with E-state index in [1.54, 1.807) is 6.26 Å². The van der Waals surface area contributed by atoms with Crippen molar-refractivity contribution in [1.82, 2.24) is 10.2 Å². The minimum atomic E-state index is 0.447. The Kier molecular flexibility index (Phi) is 5.79. The molecule has 2 aromatic rings. The second-order valence-electron chi connectivity index (χ2n) is 7.81. The number of nitrogens with zero attached hydrogens (tertiary/aromatic N) is 1. The number of aryl methyl sites for hydroxylation is 1. The molecule has 2 bridgehead atoms. The van der Waals surface area contributed by atoms with Crippen molar-refractivity contribution in [1.29, 1.82) is 0 Å². The molecule has 1 aromatic heterocycles. The van der Waals surface area contributed by atoms with Gasteiger partial charge in [-0.25, -0.2) is 0 Å². The lowest BCUT2D eigenvalue weighted by molar-refractivity contribution is 0.0161. The van der Waals surface area contributed by atoms with Crippen LogP contribution in [-0.2, 0) is 13.0 Å². The predicted molar refractivity (Wildman–Crippen MR) is 114 cm³/mol. The maximum Gasteiger partial charge on any atom is 0.170 e. The number of hydrogen-bond acceptors (Lipinski definition) is 3. The quantitative estimate of drug-likeness (QED) is 0.732. The maximum absolute atomic E-state index is 5.59. The van der Waals surface area contributed by atoms with E-state index in [9.17, 15) is 0 Å². The van der Waals surface area contributed by atoms with Crippen LogP contribution in [-0.4, -0.2) is 28.1 Å². The summed E-state index contributed by atoms with van der Waals surface area (Å²) in [6.45, 7) is 3.10. The molecule has 0 amide bonds. The minimum Gasteiger partial charge on any atom is -0.468 e. The molecule has 2 N–H and O–H groups in total. The number of hydrogen-bond donors (Lipinski definition) is 2. The molecular weight excluding hydrogens is 354 g/mol. The van der Waals surface area contributed by atoms with E-state index in [1.807, 2.05) is 6.07 Å². The molecule has 0 radical (unpaired) electrons. The van der Waals surface area contributed by atoms with E-state index in [4.69, 9.17) is 16.6 Å². The average Bonchev–Trinajstić information content (AvgIpc) is 3.16. The third-order valence-corrected chi connectivity index (χ3v) is 6.22. The van der Waals surface area contributed by atoms with Crippen LogP contribution in [0.1, 0.15) is 50.4 Å². The van der Waals surface area contributed by atoms with Gasteiger partial charge in [0.25, 0.3) is 0 Å². The summed E-state index contributed by atoms with van der Waals surface area (Å²) >= 11 is 5.58. The second-order valence-corrected chi connectivity index (χ2v) is 8.22. The summed E-state index contributed by atoms with van der Waals surface area (Å²) < 4.78 is 5.59.